The molecule has 1 aromatic heterocycles. The molecule has 0 spiro atoms. The number of nitrogens with zero attached hydrogens (tertiary/aromatic N) is 2. The minimum absolute atomic E-state index is 0. The summed E-state index contributed by atoms with van der Waals surface area (Å²) in [5.41, 5.74) is 1.27. The van der Waals surface area contributed by atoms with Crippen LogP contribution in [0.1, 0.15) is 5.56 Å². The zero-order valence-electron chi connectivity index (χ0n) is 7.68. The Bertz CT molecular complexity index is 324. The lowest BCUT2D eigenvalue weighted by molar-refractivity contribution is -0.746. The molecule has 0 saturated carbocycles. The van der Waals surface area contributed by atoms with Crippen molar-refractivity contribution in [1.82, 2.24) is 5.10 Å². The van der Waals surface area contributed by atoms with E-state index in [0.29, 0.717) is 0 Å². The Morgan fingerprint density at radius 2 is 1.79 bits per heavy atom. The Kier molecular flexibility index (Phi) is 4.26. The van der Waals surface area contributed by atoms with Crippen LogP contribution in [0.5, 0.6) is 0 Å². The van der Waals surface area contributed by atoms with Gasteiger partial charge in [-0.25, -0.2) is 0 Å². The van der Waals surface area contributed by atoms with Gasteiger partial charge in [-0.3, -0.25) is 0 Å². The van der Waals surface area contributed by atoms with E-state index in [4.69, 9.17) is 0 Å². The maximum absolute atomic E-state index is 4.19. The van der Waals surface area contributed by atoms with Gasteiger partial charge in [0.2, 0.25) is 0 Å². The molecule has 0 unspecified atom stereocenters. The number of hydrogen-bond acceptors (Lipinski definition) is 1. The average Bonchev–Trinajstić information content (AvgIpc) is 2.21. The predicted octanol–water partition coefficient (Wildman–Crippen LogP) is -1.58. The summed E-state index contributed by atoms with van der Waals surface area (Å²) in [7, 11) is 0. The summed E-state index contributed by atoms with van der Waals surface area (Å²) in [5.74, 6) is 0. The van der Waals surface area contributed by atoms with Crippen LogP contribution in [-0.4, -0.2) is 5.10 Å². The third kappa shape index (κ3) is 2.92. The van der Waals surface area contributed by atoms with Crippen molar-refractivity contribution in [2.75, 3.05) is 0 Å². The maximum Gasteiger partial charge on any atom is 0.199 e. The molecular formula is C11H11BrN2. The lowest BCUT2D eigenvalue weighted by Crippen LogP contribution is -3.00. The van der Waals surface area contributed by atoms with Crippen LogP contribution in [0.4, 0.5) is 0 Å². The molecule has 0 atom stereocenters. The fourth-order valence-corrected chi connectivity index (χ4v) is 1.23. The molecule has 3 heteroatoms. The molecule has 0 bridgehead atoms. The highest BCUT2D eigenvalue weighted by Crippen LogP contribution is 1.96. The quantitative estimate of drug-likeness (QED) is 0.589. The lowest BCUT2D eigenvalue weighted by Gasteiger charge is -1.93. The average molecular weight is 251 g/mol. The van der Waals surface area contributed by atoms with Gasteiger partial charge >= 0.3 is 0 Å². The smallest absolute Gasteiger partial charge is 0.199 e. The first kappa shape index (κ1) is 10.9. The van der Waals surface area contributed by atoms with Gasteiger partial charge in [0.25, 0.3) is 0 Å². The van der Waals surface area contributed by atoms with Gasteiger partial charge in [-0.1, -0.05) is 35.0 Å². The highest BCUT2D eigenvalue weighted by atomic mass is 79.9. The molecule has 0 fully saturated rings. The summed E-state index contributed by atoms with van der Waals surface area (Å²) in [5, 5.41) is 4.19. The Balaban J connectivity index is 0.000000980. The molecule has 0 saturated heterocycles. The van der Waals surface area contributed by atoms with E-state index in [1.807, 2.05) is 41.2 Å². The molecule has 0 radical (unpaired) electrons. The third-order valence-corrected chi connectivity index (χ3v) is 1.86. The van der Waals surface area contributed by atoms with Gasteiger partial charge < -0.3 is 17.0 Å². The highest BCUT2D eigenvalue weighted by Gasteiger charge is 2.00. The summed E-state index contributed by atoms with van der Waals surface area (Å²) in [6, 6.07) is 14.2. The second kappa shape index (κ2) is 5.50. The molecule has 0 N–H and O–H groups in total. The number of halogens is 1. The van der Waals surface area contributed by atoms with Crippen LogP contribution >= 0.6 is 0 Å². The summed E-state index contributed by atoms with van der Waals surface area (Å²) >= 11 is 0. The lowest BCUT2D eigenvalue weighted by atomic mass is 10.2. The highest BCUT2D eigenvalue weighted by molar-refractivity contribution is 5.13. The van der Waals surface area contributed by atoms with Crippen LogP contribution in [0, 0.1) is 0 Å². The molecule has 0 aliphatic carbocycles. The molecule has 0 aliphatic heterocycles. The van der Waals surface area contributed by atoms with Crippen LogP contribution in [0.25, 0.3) is 0 Å². The van der Waals surface area contributed by atoms with Crippen LogP contribution in [0.3, 0.4) is 0 Å². The van der Waals surface area contributed by atoms with E-state index in [1.54, 1.807) is 6.20 Å². The van der Waals surface area contributed by atoms with E-state index >= 15 is 0 Å². The second-order valence-corrected chi connectivity index (χ2v) is 2.88. The number of hydrogen-bond donors (Lipinski definition) is 0. The van der Waals surface area contributed by atoms with E-state index in [-0.39, 0.29) is 17.0 Å². The van der Waals surface area contributed by atoms with Gasteiger partial charge in [0.15, 0.2) is 12.7 Å². The fraction of sp³-hybridized carbons (Fsp3) is 0.0909. The molecule has 1 heterocycles. The minimum atomic E-state index is 0. The first-order valence-corrected chi connectivity index (χ1v) is 4.30. The Hall–Kier alpha value is -1.22. The predicted molar refractivity (Wildman–Crippen MR) is 50.0 cm³/mol. The van der Waals surface area contributed by atoms with Gasteiger partial charge in [-0.05, 0) is 11.2 Å². The Labute approximate surface area is 94.0 Å². The van der Waals surface area contributed by atoms with Crippen molar-refractivity contribution in [3.8, 4) is 0 Å². The molecule has 0 aliphatic rings. The Morgan fingerprint density at radius 3 is 2.43 bits per heavy atom. The summed E-state index contributed by atoms with van der Waals surface area (Å²) in [6.07, 6.45) is 3.76. The van der Waals surface area contributed by atoms with E-state index in [9.17, 15) is 0 Å². The molecule has 72 valence electrons. The topological polar surface area (TPSA) is 16.8 Å². The molecule has 14 heavy (non-hydrogen) atoms. The molecule has 0 amide bonds. The summed E-state index contributed by atoms with van der Waals surface area (Å²) in [4.78, 5) is 0. The van der Waals surface area contributed by atoms with Gasteiger partial charge in [0, 0.05) is 11.6 Å². The van der Waals surface area contributed by atoms with Crippen LogP contribution in [0.15, 0.2) is 54.9 Å². The zero-order valence-corrected chi connectivity index (χ0v) is 9.26. The van der Waals surface area contributed by atoms with Crippen molar-refractivity contribution >= 4 is 0 Å². The van der Waals surface area contributed by atoms with Crippen molar-refractivity contribution in [3.05, 3.63) is 60.4 Å². The van der Waals surface area contributed by atoms with Crippen molar-refractivity contribution in [3.63, 3.8) is 0 Å². The summed E-state index contributed by atoms with van der Waals surface area (Å²) in [6.45, 7) is 0.835. The number of rotatable bonds is 2. The maximum atomic E-state index is 4.19. The van der Waals surface area contributed by atoms with Crippen molar-refractivity contribution in [2.45, 2.75) is 6.54 Å². The minimum Gasteiger partial charge on any atom is -1.00 e. The SMILES string of the molecule is [Br-].c1ccc(C[n+]2ccccn2)cc1. The van der Waals surface area contributed by atoms with Gasteiger partial charge in [0.05, 0.1) is 6.20 Å². The second-order valence-electron chi connectivity index (χ2n) is 2.88. The van der Waals surface area contributed by atoms with Crippen LogP contribution in [-0.2, 0) is 6.54 Å². The van der Waals surface area contributed by atoms with E-state index in [1.165, 1.54) is 5.56 Å². The van der Waals surface area contributed by atoms with Gasteiger partial charge in [-0.2, -0.15) is 0 Å². The standard InChI is InChI=1S/C11H11N2.BrH/c1-2-6-11(7-3-1)10-13-9-5-4-8-12-13;/h1-9H,10H2;1H/q+1;/p-1. The number of aromatic nitrogens is 2. The largest absolute Gasteiger partial charge is 1.00 e. The number of benzene rings is 1. The third-order valence-electron chi connectivity index (χ3n) is 1.86. The molecular weight excluding hydrogens is 240 g/mol. The van der Waals surface area contributed by atoms with E-state index in [2.05, 4.69) is 17.2 Å². The van der Waals surface area contributed by atoms with Crippen molar-refractivity contribution < 1.29 is 21.7 Å². The van der Waals surface area contributed by atoms with Gasteiger partial charge in [-0.15, -0.1) is 0 Å². The summed E-state index contributed by atoms with van der Waals surface area (Å²) < 4.78 is 1.91. The zero-order chi connectivity index (χ0) is 8.93. The van der Waals surface area contributed by atoms with Crippen LogP contribution < -0.4 is 21.7 Å². The van der Waals surface area contributed by atoms with Crippen molar-refractivity contribution in [2.24, 2.45) is 0 Å². The van der Waals surface area contributed by atoms with Gasteiger partial charge in [0.1, 0.15) is 0 Å². The first-order chi connectivity index (χ1) is 6.45. The first-order valence-electron chi connectivity index (χ1n) is 4.30. The molecule has 2 aromatic rings. The van der Waals surface area contributed by atoms with Crippen LogP contribution in [0.2, 0.25) is 0 Å². The van der Waals surface area contributed by atoms with E-state index in [0.717, 1.165) is 6.54 Å². The monoisotopic (exact) mass is 250 g/mol. The Morgan fingerprint density at radius 1 is 1.00 bits per heavy atom. The molecule has 1 aromatic carbocycles. The molecule has 2 rings (SSSR count). The fourth-order valence-electron chi connectivity index (χ4n) is 1.23. The van der Waals surface area contributed by atoms with Crippen molar-refractivity contribution in [1.29, 1.82) is 0 Å². The van der Waals surface area contributed by atoms with E-state index < -0.39 is 0 Å². The molecule has 2 nitrogen and oxygen atoms in total. The normalized spacial score (nSPS) is 9.14.